The number of nitrogens with zero attached hydrogens (tertiary/aromatic N) is 8. The zero-order valence-corrected chi connectivity index (χ0v) is 42.2. The summed E-state index contributed by atoms with van der Waals surface area (Å²) in [5.41, 5.74) is 9.06. The third-order valence-electron chi connectivity index (χ3n) is 14.6. The normalized spacial score (nSPS) is 21.9. The highest BCUT2D eigenvalue weighted by atomic mass is 32.2. The van der Waals surface area contributed by atoms with Gasteiger partial charge in [-0.3, -0.25) is 23.9 Å². The van der Waals surface area contributed by atoms with E-state index in [1.54, 1.807) is 17.8 Å². The van der Waals surface area contributed by atoms with Crippen molar-refractivity contribution < 1.29 is 23.9 Å². The van der Waals surface area contributed by atoms with E-state index in [2.05, 4.69) is 60.6 Å². The zero-order chi connectivity index (χ0) is 49.9. The number of benzene rings is 3. The van der Waals surface area contributed by atoms with Crippen molar-refractivity contribution in [2.45, 2.75) is 157 Å². The molecule has 5 N–H and O–H groups in total. The molecule has 378 valence electrons. The maximum Gasteiger partial charge on any atom is 0.248 e. The van der Waals surface area contributed by atoms with Crippen LogP contribution in [-0.2, 0) is 43.6 Å². The van der Waals surface area contributed by atoms with Crippen LogP contribution >= 0.6 is 11.8 Å². The number of nitrogens with one attached hydrogen (secondary N) is 3. The molecule has 3 aromatic carbocycles. The molecule has 9 atom stereocenters. The van der Waals surface area contributed by atoms with Crippen molar-refractivity contribution in [3.05, 3.63) is 120 Å². The molecule has 0 radical (unpaired) electrons. The molecule has 71 heavy (non-hydrogen) atoms. The van der Waals surface area contributed by atoms with Crippen molar-refractivity contribution in [3.8, 4) is 0 Å². The van der Waals surface area contributed by atoms with Gasteiger partial charge in [0.1, 0.15) is 24.1 Å². The third-order valence-corrected chi connectivity index (χ3v) is 15.6. The minimum atomic E-state index is -0.951. The first-order valence-corrected chi connectivity index (χ1v) is 26.3. The van der Waals surface area contributed by atoms with Gasteiger partial charge in [0.05, 0.1) is 43.6 Å². The smallest absolute Gasteiger partial charge is 0.248 e. The van der Waals surface area contributed by atoms with Crippen LogP contribution in [0.5, 0.6) is 0 Å². The van der Waals surface area contributed by atoms with Gasteiger partial charge in [-0.05, 0) is 81.5 Å². The Hall–Kier alpha value is -5.95. The minimum Gasteiger partial charge on any atom is -0.369 e. The zero-order valence-electron chi connectivity index (χ0n) is 41.4. The molecular weight excluding hydrogens is 917 g/mol. The minimum absolute atomic E-state index is 0.0270. The van der Waals surface area contributed by atoms with E-state index in [0.717, 1.165) is 53.3 Å². The third kappa shape index (κ3) is 12.8. The van der Waals surface area contributed by atoms with Crippen molar-refractivity contribution >= 4 is 35.4 Å². The second-order valence-corrected chi connectivity index (χ2v) is 20.4. The van der Waals surface area contributed by atoms with Crippen molar-refractivity contribution in [2.75, 3.05) is 13.1 Å². The standard InChI is InChI=1S/C53H70N12O5S/c1-5-35(3)49(66)58-46(51(68)63-28-16-21-43(63)32-64-53(56-34-57-64)71-44-22-14-9-15-23-44)36(4)70-33-40-31-62(61-60-40)30-39-24-25-41-26-27-42(65(41)52(69)48(39)59-50(67)45(54)6-2)29-55-47(37-17-10-7-11-18-37)38-19-12-8-13-20-38/h7-15,17-20,22-23,31,34-36,39,41-43,45-48,55H,5-6,16,21,24-30,32-33,54H2,1-4H3,(H,58,66)(H,59,67)/t35-,36-,39-,41+,42+,43+,45+,46+,48+/m1/s1. The maximum atomic E-state index is 14.9. The monoisotopic (exact) mass is 987 g/mol. The molecule has 5 heterocycles. The summed E-state index contributed by atoms with van der Waals surface area (Å²) in [5.74, 6) is -1.47. The van der Waals surface area contributed by atoms with Gasteiger partial charge in [0.25, 0.3) is 0 Å². The molecule has 0 unspecified atom stereocenters. The maximum absolute atomic E-state index is 14.9. The van der Waals surface area contributed by atoms with E-state index in [-0.39, 0.29) is 66.2 Å². The number of carbonyl (C=O) groups excluding carboxylic acids is 4. The highest BCUT2D eigenvalue weighted by Gasteiger charge is 2.46. The lowest BCUT2D eigenvalue weighted by Crippen LogP contribution is -2.57. The quantitative estimate of drug-likeness (QED) is 0.0677. The van der Waals surface area contributed by atoms with Crippen molar-refractivity contribution in [3.63, 3.8) is 0 Å². The highest BCUT2D eigenvalue weighted by Crippen LogP contribution is 2.35. The number of carbonyl (C=O) groups is 4. The number of aromatic nitrogens is 6. The lowest BCUT2D eigenvalue weighted by molar-refractivity contribution is -0.143. The number of hydrogen-bond acceptors (Lipinski definition) is 12. The lowest BCUT2D eigenvalue weighted by atomic mass is 9.92. The first-order chi connectivity index (χ1) is 34.5. The van der Waals surface area contributed by atoms with Gasteiger partial charge in [0, 0.05) is 48.4 Å². The van der Waals surface area contributed by atoms with Gasteiger partial charge in [-0.15, -0.1) is 5.10 Å². The van der Waals surface area contributed by atoms with Gasteiger partial charge >= 0.3 is 0 Å². The molecule has 3 aliphatic rings. The van der Waals surface area contributed by atoms with Gasteiger partial charge in [0.2, 0.25) is 23.6 Å². The van der Waals surface area contributed by atoms with Gasteiger partial charge < -0.3 is 36.2 Å². The van der Waals surface area contributed by atoms with E-state index < -0.39 is 24.2 Å². The summed E-state index contributed by atoms with van der Waals surface area (Å²) in [6.07, 6.45) is 8.46. The highest BCUT2D eigenvalue weighted by molar-refractivity contribution is 7.99. The van der Waals surface area contributed by atoms with E-state index in [9.17, 15) is 19.2 Å². The summed E-state index contributed by atoms with van der Waals surface area (Å²) in [7, 11) is 0. The number of likely N-dealkylation sites (tertiary alicyclic amines) is 1. The van der Waals surface area contributed by atoms with Gasteiger partial charge in [0.15, 0.2) is 5.16 Å². The Morgan fingerprint density at radius 3 is 2.23 bits per heavy atom. The molecule has 0 saturated carbocycles. The molecule has 0 aliphatic carbocycles. The van der Waals surface area contributed by atoms with E-state index in [4.69, 9.17) is 10.5 Å². The average Bonchev–Trinajstić information content (AvgIpc) is 4.23. The Balaban J connectivity index is 0.935. The number of rotatable bonds is 22. The Kier molecular flexibility index (Phi) is 17.7. The molecule has 2 aromatic heterocycles. The second-order valence-electron chi connectivity index (χ2n) is 19.3. The topological polar surface area (TPSA) is 208 Å². The number of nitrogens with two attached hydrogens (primary N) is 1. The summed E-state index contributed by atoms with van der Waals surface area (Å²) < 4.78 is 9.93. The molecule has 0 spiro atoms. The number of ether oxygens (including phenoxy) is 1. The second kappa shape index (κ2) is 24.4. The van der Waals surface area contributed by atoms with Crippen LogP contribution in [0.25, 0.3) is 0 Å². The van der Waals surface area contributed by atoms with Gasteiger partial charge in [-0.25, -0.2) is 9.67 Å². The van der Waals surface area contributed by atoms with Crippen LogP contribution in [0.3, 0.4) is 0 Å². The van der Waals surface area contributed by atoms with E-state index >= 15 is 0 Å². The van der Waals surface area contributed by atoms with Crippen LogP contribution in [0.1, 0.15) is 102 Å². The summed E-state index contributed by atoms with van der Waals surface area (Å²) in [5, 5.41) is 24.1. The van der Waals surface area contributed by atoms with Crippen molar-refractivity contribution in [1.29, 1.82) is 0 Å². The molecule has 0 bridgehead atoms. The Bertz CT molecular complexity index is 2470. The first-order valence-electron chi connectivity index (χ1n) is 25.4. The van der Waals surface area contributed by atoms with Crippen LogP contribution in [0.2, 0.25) is 0 Å². The average molecular weight is 987 g/mol. The summed E-state index contributed by atoms with van der Waals surface area (Å²) in [6, 6.07) is 27.9. The lowest BCUT2D eigenvalue weighted by Gasteiger charge is -2.34. The number of fused-ring (bicyclic) bond motifs is 1. The molecule has 17 nitrogen and oxygen atoms in total. The Labute approximate surface area is 421 Å². The van der Waals surface area contributed by atoms with Crippen LogP contribution in [-0.4, -0.2) is 119 Å². The molecule has 8 rings (SSSR count). The molecule has 4 amide bonds. The van der Waals surface area contributed by atoms with E-state index in [0.29, 0.717) is 51.1 Å². The molecule has 3 aliphatic heterocycles. The van der Waals surface area contributed by atoms with Crippen LogP contribution in [0, 0.1) is 11.8 Å². The van der Waals surface area contributed by atoms with Crippen molar-refractivity contribution in [1.82, 2.24) is 55.5 Å². The summed E-state index contributed by atoms with van der Waals surface area (Å²) in [4.78, 5) is 65.8. The van der Waals surface area contributed by atoms with E-state index in [1.165, 1.54) is 18.1 Å². The first kappa shape index (κ1) is 51.4. The fraction of sp³-hybridized carbons (Fsp3) is 0.509. The molecule has 3 fully saturated rings. The predicted octanol–water partition coefficient (Wildman–Crippen LogP) is 5.52. The predicted molar refractivity (Wildman–Crippen MR) is 270 cm³/mol. The SMILES string of the molecule is CC[C@@H](C)C(=O)N[C@H](C(=O)N1CCC[C@H]1Cn1ncnc1Sc1ccccc1)[C@@H](C)OCc1cn(C[C@H]2CC[C@H]3CC[C@@H](CNC(c4ccccc4)c4ccccc4)N3C(=O)[C@H]2NC(=O)[C@@H](N)CC)nn1. The summed E-state index contributed by atoms with van der Waals surface area (Å²) >= 11 is 1.52. The van der Waals surface area contributed by atoms with Gasteiger partial charge in [-0.2, -0.15) is 5.10 Å². The molecular formula is C53H70N12O5S. The molecule has 5 aromatic rings. The Morgan fingerprint density at radius 2 is 1.54 bits per heavy atom. The van der Waals surface area contributed by atoms with Crippen LogP contribution in [0.15, 0.2) is 114 Å². The van der Waals surface area contributed by atoms with Crippen LogP contribution in [0.4, 0.5) is 0 Å². The molecule has 18 heteroatoms. The summed E-state index contributed by atoms with van der Waals surface area (Å²) in [6.45, 7) is 9.40. The fourth-order valence-electron chi connectivity index (χ4n) is 10.2. The number of amides is 4. The largest absolute Gasteiger partial charge is 0.369 e. The Morgan fingerprint density at radius 1 is 0.845 bits per heavy atom. The van der Waals surface area contributed by atoms with Crippen LogP contribution < -0.4 is 21.7 Å². The molecule has 3 saturated heterocycles. The number of hydrogen-bond donors (Lipinski definition) is 4. The van der Waals surface area contributed by atoms with E-state index in [1.807, 2.05) is 102 Å². The van der Waals surface area contributed by atoms with Crippen molar-refractivity contribution in [2.24, 2.45) is 17.6 Å². The van der Waals surface area contributed by atoms with Gasteiger partial charge in [-0.1, -0.05) is 117 Å². The fourth-order valence-corrected chi connectivity index (χ4v) is 11.0.